The molecule has 122 valence electrons. The summed E-state index contributed by atoms with van der Waals surface area (Å²) < 4.78 is 15.8. The van der Waals surface area contributed by atoms with Gasteiger partial charge in [-0.1, -0.05) is 6.07 Å². The van der Waals surface area contributed by atoms with Crippen LogP contribution in [0, 0.1) is 0 Å². The standard InChI is InChI=1S/C16H23NO4S/c1-19-8-6-17(11-16-5-3-9-22-16)10-14(18)12-20-13-15-4-2-7-21-15/h2-5,7,9,14,18H,6,8,10-13H2,1H3/t14-/m1/s1. The van der Waals surface area contributed by atoms with E-state index in [1.807, 2.05) is 18.2 Å². The van der Waals surface area contributed by atoms with Gasteiger partial charge in [-0.15, -0.1) is 11.3 Å². The Hall–Kier alpha value is -1.18. The van der Waals surface area contributed by atoms with Crippen molar-refractivity contribution < 1.29 is 19.0 Å². The highest BCUT2D eigenvalue weighted by Gasteiger charge is 2.13. The maximum atomic E-state index is 10.1. The fourth-order valence-corrected chi connectivity index (χ4v) is 2.87. The van der Waals surface area contributed by atoms with Gasteiger partial charge >= 0.3 is 0 Å². The van der Waals surface area contributed by atoms with Crippen LogP contribution in [-0.2, 0) is 22.6 Å². The molecule has 1 N–H and O–H groups in total. The molecule has 5 nitrogen and oxygen atoms in total. The predicted molar refractivity (Wildman–Crippen MR) is 85.8 cm³/mol. The highest BCUT2D eigenvalue weighted by molar-refractivity contribution is 7.09. The highest BCUT2D eigenvalue weighted by atomic mass is 32.1. The third kappa shape index (κ3) is 6.29. The molecule has 22 heavy (non-hydrogen) atoms. The summed E-state index contributed by atoms with van der Waals surface area (Å²) in [5.41, 5.74) is 0. The molecule has 0 aliphatic carbocycles. The third-order valence-corrected chi connectivity index (χ3v) is 4.04. The Morgan fingerprint density at radius 1 is 1.36 bits per heavy atom. The van der Waals surface area contributed by atoms with Gasteiger partial charge in [-0.05, 0) is 23.6 Å². The number of methoxy groups -OCH3 is 1. The van der Waals surface area contributed by atoms with Crippen molar-refractivity contribution in [3.05, 3.63) is 46.5 Å². The van der Waals surface area contributed by atoms with Gasteiger partial charge in [-0.2, -0.15) is 0 Å². The number of ether oxygens (including phenoxy) is 2. The molecule has 6 heteroatoms. The molecule has 0 aliphatic rings. The Labute approximate surface area is 135 Å². The molecule has 2 rings (SSSR count). The van der Waals surface area contributed by atoms with E-state index in [0.717, 1.165) is 18.8 Å². The van der Waals surface area contributed by atoms with E-state index in [4.69, 9.17) is 13.9 Å². The van der Waals surface area contributed by atoms with E-state index in [0.29, 0.717) is 19.8 Å². The summed E-state index contributed by atoms with van der Waals surface area (Å²) in [5.74, 6) is 0.766. The first-order valence-electron chi connectivity index (χ1n) is 7.30. The van der Waals surface area contributed by atoms with E-state index in [2.05, 4.69) is 16.3 Å². The van der Waals surface area contributed by atoms with Crippen LogP contribution in [0.3, 0.4) is 0 Å². The van der Waals surface area contributed by atoms with Crippen LogP contribution in [-0.4, -0.2) is 49.5 Å². The lowest BCUT2D eigenvalue weighted by Crippen LogP contribution is -2.36. The van der Waals surface area contributed by atoms with Crippen molar-refractivity contribution in [1.29, 1.82) is 0 Å². The van der Waals surface area contributed by atoms with Gasteiger partial charge in [0.05, 0.1) is 25.6 Å². The number of thiophene rings is 1. The minimum atomic E-state index is -0.535. The van der Waals surface area contributed by atoms with Gasteiger partial charge in [0, 0.05) is 31.6 Å². The van der Waals surface area contributed by atoms with Crippen LogP contribution in [0.15, 0.2) is 40.3 Å². The SMILES string of the molecule is COCCN(Cc1cccs1)C[C@@H](O)COCc1ccco1. The Kier molecular flexibility index (Phi) is 7.62. The van der Waals surface area contributed by atoms with Crippen molar-refractivity contribution in [1.82, 2.24) is 4.90 Å². The number of hydrogen-bond donors (Lipinski definition) is 1. The molecule has 0 saturated heterocycles. The summed E-state index contributed by atoms with van der Waals surface area (Å²) in [6.45, 7) is 3.46. The first-order valence-corrected chi connectivity index (χ1v) is 8.17. The van der Waals surface area contributed by atoms with Gasteiger partial charge < -0.3 is 19.0 Å². The van der Waals surface area contributed by atoms with Crippen molar-refractivity contribution in [2.45, 2.75) is 19.3 Å². The summed E-state index contributed by atoms with van der Waals surface area (Å²) in [6.07, 6.45) is 1.08. The van der Waals surface area contributed by atoms with Crippen molar-refractivity contribution in [2.24, 2.45) is 0 Å². The van der Waals surface area contributed by atoms with Crippen LogP contribution < -0.4 is 0 Å². The van der Waals surface area contributed by atoms with Crippen molar-refractivity contribution in [2.75, 3.05) is 33.4 Å². The number of aliphatic hydroxyl groups excluding tert-OH is 1. The monoisotopic (exact) mass is 325 g/mol. The number of rotatable bonds is 11. The third-order valence-electron chi connectivity index (χ3n) is 3.17. The minimum Gasteiger partial charge on any atom is -0.467 e. The normalized spacial score (nSPS) is 12.9. The van der Waals surface area contributed by atoms with E-state index < -0.39 is 6.10 Å². The minimum absolute atomic E-state index is 0.286. The molecule has 0 unspecified atom stereocenters. The van der Waals surface area contributed by atoms with Gasteiger partial charge in [-0.3, -0.25) is 4.90 Å². The second-order valence-electron chi connectivity index (χ2n) is 5.06. The topological polar surface area (TPSA) is 55.1 Å². The number of nitrogens with zero attached hydrogens (tertiary/aromatic N) is 1. The fraction of sp³-hybridized carbons (Fsp3) is 0.500. The zero-order chi connectivity index (χ0) is 15.6. The second kappa shape index (κ2) is 9.76. The van der Waals surface area contributed by atoms with Crippen LogP contribution in [0.5, 0.6) is 0 Å². The zero-order valence-corrected chi connectivity index (χ0v) is 13.6. The quantitative estimate of drug-likeness (QED) is 0.687. The molecule has 0 amide bonds. The summed E-state index contributed by atoms with van der Waals surface area (Å²) >= 11 is 1.72. The molecule has 1 atom stereocenters. The predicted octanol–water partition coefficient (Wildman–Crippen LogP) is 2.37. The van der Waals surface area contributed by atoms with Crippen molar-refractivity contribution >= 4 is 11.3 Å². The Morgan fingerprint density at radius 2 is 2.27 bits per heavy atom. The van der Waals surface area contributed by atoms with Crippen LogP contribution in [0.1, 0.15) is 10.6 Å². The molecular formula is C16H23NO4S. The van der Waals surface area contributed by atoms with Crippen LogP contribution in [0.4, 0.5) is 0 Å². The van der Waals surface area contributed by atoms with Crippen LogP contribution in [0.25, 0.3) is 0 Å². The first-order chi connectivity index (χ1) is 10.8. The Bertz CT molecular complexity index is 486. The van der Waals surface area contributed by atoms with Crippen LogP contribution >= 0.6 is 11.3 Å². The molecule has 0 aliphatic heterocycles. The first kappa shape index (κ1) is 17.2. The number of hydrogen-bond acceptors (Lipinski definition) is 6. The smallest absolute Gasteiger partial charge is 0.129 e. The summed E-state index contributed by atoms with van der Waals surface area (Å²) in [7, 11) is 1.69. The molecule has 0 bridgehead atoms. The Morgan fingerprint density at radius 3 is 2.95 bits per heavy atom. The number of furan rings is 1. The maximum absolute atomic E-state index is 10.1. The summed E-state index contributed by atoms with van der Waals surface area (Å²) in [4.78, 5) is 3.45. The maximum Gasteiger partial charge on any atom is 0.129 e. The van der Waals surface area contributed by atoms with E-state index in [9.17, 15) is 5.11 Å². The summed E-state index contributed by atoms with van der Waals surface area (Å²) in [5, 5.41) is 12.2. The molecule has 2 aromatic rings. The molecule has 0 fully saturated rings. The molecule has 0 spiro atoms. The average Bonchev–Trinajstić information content (AvgIpc) is 3.18. The lowest BCUT2D eigenvalue weighted by atomic mass is 10.3. The van der Waals surface area contributed by atoms with Crippen molar-refractivity contribution in [3.63, 3.8) is 0 Å². The molecule has 0 aromatic carbocycles. The van der Waals surface area contributed by atoms with Crippen molar-refractivity contribution in [3.8, 4) is 0 Å². The molecular weight excluding hydrogens is 302 g/mol. The number of aliphatic hydroxyl groups is 1. The zero-order valence-electron chi connectivity index (χ0n) is 12.8. The van der Waals surface area contributed by atoms with E-state index >= 15 is 0 Å². The largest absolute Gasteiger partial charge is 0.467 e. The Balaban J connectivity index is 1.72. The lowest BCUT2D eigenvalue weighted by molar-refractivity contribution is 0.000646. The van der Waals surface area contributed by atoms with Gasteiger partial charge in [-0.25, -0.2) is 0 Å². The highest BCUT2D eigenvalue weighted by Crippen LogP contribution is 2.12. The van der Waals surface area contributed by atoms with Gasteiger partial charge in [0.25, 0.3) is 0 Å². The summed E-state index contributed by atoms with van der Waals surface area (Å²) in [6, 6.07) is 7.82. The lowest BCUT2D eigenvalue weighted by Gasteiger charge is -2.24. The van der Waals surface area contributed by atoms with Gasteiger partial charge in [0.2, 0.25) is 0 Å². The van der Waals surface area contributed by atoms with Gasteiger partial charge in [0.15, 0.2) is 0 Å². The van der Waals surface area contributed by atoms with E-state index in [1.165, 1.54) is 4.88 Å². The second-order valence-corrected chi connectivity index (χ2v) is 6.09. The van der Waals surface area contributed by atoms with E-state index in [1.54, 1.807) is 24.7 Å². The van der Waals surface area contributed by atoms with E-state index in [-0.39, 0.29) is 6.61 Å². The molecule has 0 saturated carbocycles. The molecule has 2 aromatic heterocycles. The van der Waals surface area contributed by atoms with Crippen LogP contribution in [0.2, 0.25) is 0 Å². The molecule has 2 heterocycles. The van der Waals surface area contributed by atoms with Gasteiger partial charge in [0.1, 0.15) is 12.4 Å². The fourth-order valence-electron chi connectivity index (χ4n) is 2.12. The average molecular weight is 325 g/mol. The molecule has 0 radical (unpaired) electrons.